The number of nitrogen functional groups attached to an aromatic ring is 1. The van der Waals surface area contributed by atoms with Crippen LogP contribution in [-0.4, -0.2) is 47.6 Å². The van der Waals surface area contributed by atoms with Gasteiger partial charge in [-0.1, -0.05) is 29.5 Å². The smallest absolute Gasteiger partial charge is 0.275 e. The minimum absolute atomic E-state index is 0.0234. The number of carbonyl (C=O) groups is 2. The number of para-hydroxylation sites is 1. The Hall–Kier alpha value is -4.08. The molecule has 0 atom stereocenters. The van der Waals surface area contributed by atoms with Crippen LogP contribution in [0.5, 0.6) is 11.5 Å². The van der Waals surface area contributed by atoms with Crippen molar-refractivity contribution in [3.8, 4) is 11.5 Å². The fourth-order valence-electron chi connectivity index (χ4n) is 3.37. The quantitative estimate of drug-likeness (QED) is 0.453. The molecule has 10 heteroatoms. The molecule has 2 amide bonds. The number of aromatic nitrogens is 3. The van der Waals surface area contributed by atoms with Crippen LogP contribution in [0.2, 0.25) is 0 Å². The van der Waals surface area contributed by atoms with E-state index in [0.717, 1.165) is 22.4 Å². The number of anilines is 2. The van der Waals surface area contributed by atoms with Crippen molar-refractivity contribution < 1.29 is 19.1 Å². The van der Waals surface area contributed by atoms with Crippen molar-refractivity contribution in [2.75, 3.05) is 31.8 Å². The maximum absolute atomic E-state index is 12.5. The van der Waals surface area contributed by atoms with Gasteiger partial charge in [0.1, 0.15) is 6.54 Å². The summed E-state index contributed by atoms with van der Waals surface area (Å²) in [5, 5.41) is 13.3. The number of nitrogens with two attached hydrogens (primary N) is 1. The summed E-state index contributed by atoms with van der Waals surface area (Å²) in [5.74, 6) is 0.498. The van der Waals surface area contributed by atoms with Crippen LogP contribution in [0.15, 0.2) is 36.4 Å². The highest BCUT2D eigenvalue weighted by Crippen LogP contribution is 2.27. The summed E-state index contributed by atoms with van der Waals surface area (Å²) < 4.78 is 11.7. The Bertz CT molecular complexity index is 1140. The first-order chi connectivity index (χ1) is 15.8. The summed E-state index contributed by atoms with van der Waals surface area (Å²) in [4.78, 5) is 25.0. The van der Waals surface area contributed by atoms with Crippen molar-refractivity contribution in [1.82, 2.24) is 20.3 Å². The molecule has 0 fully saturated rings. The summed E-state index contributed by atoms with van der Waals surface area (Å²) in [6.07, 6.45) is 0.568. The Balaban J connectivity index is 1.57. The molecule has 1 aromatic heterocycles. The summed E-state index contributed by atoms with van der Waals surface area (Å²) in [6, 6.07) is 11.3. The van der Waals surface area contributed by atoms with Crippen molar-refractivity contribution >= 4 is 23.3 Å². The van der Waals surface area contributed by atoms with E-state index < -0.39 is 5.91 Å². The van der Waals surface area contributed by atoms with Gasteiger partial charge in [-0.05, 0) is 49.1 Å². The maximum Gasteiger partial charge on any atom is 0.275 e. The Morgan fingerprint density at radius 2 is 1.76 bits per heavy atom. The molecule has 4 N–H and O–H groups in total. The third-order valence-electron chi connectivity index (χ3n) is 5.17. The van der Waals surface area contributed by atoms with Crippen LogP contribution in [0.1, 0.15) is 27.2 Å². The largest absolute Gasteiger partial charge is 0.493 e. The number of benzene rings is 2. The van der Waals surface area contributed by atoms with Gasteiger partial charge in [0, 0.05) is 12.2 Å². The molecule has 0 aliphatic carbocycles. The molecule has 0 aliphatic heterocycles. The number of nitrogens with zero attached hydrogens (tertiary/aromatic N) is 3. The molecule has 0 unspecified atom stereocenters. The molecule has 0 aliphatic rings. The zero-order valence-electron chi connectivity index (χ0n) is 19.1. The zero-order chi connectivity index (χ0) is 24.0. The van der Waals surface area contributed by atoms with Gasteiger partial charge in [-0.25, -0.2) is 4.68 Å². The number of hydrogen-bond donors (Lipinski definition) is 3. The molecular weight excluding hydrogens is 424 g/mol. The predicted molar refractivity (Wildman–Crippen MR) is 125 cm³/mol. The fourth-order valence-corrected chi connectivity index (χ4v) is 3.37. The lowest BCUT2D eigenvalue weighted by Gasteiger charge is -2.11. The van der Waals surface area contributed by atoms with Crippen LogP contribution in [0.25, 0.3) is 0 Å². The van der Waals surface area contributed by atoms with E-state index in [2.05, 4.69) is 20.9 Å². The van der Waals surface area contributed by atoms with Crippen molar-refractivity contribution in [3.05, 3.63) is 58.8 Å². The second-order valence-electron chi connectivity index (χ2n) is 7.49. The van der Waals surface area contributed by atoms with E-state index in [9.17, 15) is 9.59 Å². The number of methoxy groups -OCH3 is 2. The van der Waals surface area contributed by atoms with Crippen molar-refractivity contribution in [2.24, 2.45) is 0 Å². The number of carbonyl (C=O) groups excluding carboxylic acids is 2. The first kappa shape index (κ1) is 23.6. The van der Waals surface area contributed by atoms with E-state index in [0.29, 0.717) is 24.5 Å². The lowest BCUT2D eigenvalue weighted by molar-refractivity contribution is -0.116. The fraction of sp³-hybridized carbons (Fsp3) is 0.304. The molecule has 0 saturated heterocycles. The van der Waals surface area contributed by atoms with Crippen molar-refractivity contribution in [1.29, 1.82) is 0 Å². The van der Waals surface area contributed by atoms with E-state index in [1.54, 1.807) is 14.2 Å². The summed E-state index contributed by atoms with van der Waals surface area (Å²) in [7, 11) is 3.14. The summed E-state index contributed by atoms with van der Waals surface area (Å²) in [6.45, 7) is 4.02. The van der Waals surface area contributed by atoms with Gasteiger partial charge in [0.2, 0.25) is 5.91 Å². The van der Waals surface area contributed by atoms with E-state index in [4.69, 9.17) is 15.2 Å². The van der Waals surface area contributed by atoms with E-state index in [-0.39, 0.29) is 24.0 Å². The Labute approximate surface area is 192 Å². The molecule has 33 heavy (non-hydrogen) atoms. The lowest BCUT2D eigenvalue weighted by Crippen LogP contribution is -2.27. The van der Waals surface area contributed by atoms with Gasteiger partial charge < -0.3 is 25.8 Å². The first-order valence-corrected chi connectivity index (χ1v) is 10.4. The van der Waals surface area contributed by atoms with E-state index in [1.165, 1.54) is 4.68 Å². The third kappa shape index (κ3) is 5.59. The van der Waals surface area contributed by atoms with Crippen LogP contribution < -0.4 is 25.8 Å². The topological polar surface area (TPSA) is 133 Å². The minimum atomic E-state index is -0.464. The molecule has 0 spiro atoms. The molecule has 0 radical (unpaired) electrons. The van der Waals surface area contributed by atoms with Crippen LogP contribution >= 0.6 is 0 Å². The third-order valence-corrected chi connectivity index (χ3v) is 5.17. The number of amides is 2. The van der Waals surface area contributed by atoms with Gasteiger partial charge in [-0.3, -0.25) is 9.59 Å². The average molecular weight is 453 g/mol. The average Bonchev–Trinajstić information content (AvgIpc) is 3.16. The normalized spacial score (nSPS) is 10.5. The first-order valence-electron chi connectivity index (χ1n) is 10.4. The Morgan fingerprint density at radius 3 is 2.42 bits per heavy atom. The van der Waals surface area contributed by atoms with E-state index in [1.807, 2.05) is 50.2 Å². The molecular formula is C23H28N6O4. The molecule has 0 saturated carbocycles. The SMILES string of the molecule is COc1ccc(CCNC(=O)c2nnn(CC(=O)Nc3c(C)cccc3C)c2N)cc1OC. The van der Waals surface area contributed by atoms with Gasteiger partial charge in [0.05, 0.1) is 14.2 Å². The van der Waals surface area contributed by atoms with Gasteiger partial charge in [0.25, 0.3) is 5.91 Å². The Kier molecular flexibility index (Phi) is 7.50. The maximum atomic E-state index is 12.5. The van der Waals surface area contributed by atoms with Crippen LogP contribution in [0, 0.1) is 13.8 Å². The number of hydrogen-bond acceptors (Lipinski definition) is 7. The number of aryl methyl sites for hydroxylation is 2. The van der Waals surface area contributed by atoms with Gasteiger partial charge in [-0.15, -0.1) is 5.10 Å². The number of ether oxygens (including phenoxy) is 2. The highest BCUT2D eigenvalue weighted by molar-refractivity contribution is 5.97. The molecule has 0 bridgehead atoms. The summed E-state index contributed by atoms with van der Waals surface area (Å²) >= 11 is 0. The lowest BCUT2D eigenvalue weighted by atomic mass is 10.1. The standard InChI is InChI=1S/C23H28N6O4/c1-14-6-5-7-15(2)20(14)26-19(30)13-29-22(24)21(27-28-29)23(31)25-11-10-16-8-9-17(32-3)18(12-16)33-4/h5-9,12H,10-11,13,24H2,1-4H3,(H,25,31)(H,26,30). The van der Waals surface area contributed by atoms with Crippen LogP contribution in [0.3, 0.4) is 0 Å². The minimum Gasteiger partial charge on any atom is -0.493 e. The van der Waals surface area contributed by atoms with Gasteiger partial charge >= 0.3 is 0 Å². The monoisotopic (exact) mass is 452 g/mol. The summed E-state index contributed by atoms with van der Waals surface area (Å²) in [5.41, 5.74) is 9.61. The van der Waals surface area contributed by atoms with Crippen molar-refractivity contribution in [2.45, 2.75) is 26.8 Å². The number of nitrogens with one attached hydrogen (secondary N) is 2. The molecule has 2 aromatic carbocycles. The Morgan fingerprint density at radius 1 is 1.06 bits per heavy atom. The van der Waals surface area contributed by atoms with Crippen molar-refractivity contribution in [3.63, 3.8) is 0 Å². The van der Waals surface area contributed by atoms with Crippen LogP contribution in [0.4, 0.5) is 11.5 Å². The predicted octanol–water partition coefficient (Wildman–Crippen LogP) is 2.11. The van der Waals surface area contributed by atoms with Gasteiger partial charge in [-0.2, -0.15) is 0 Å². The van der Waals surface area contributed by atoms with E-state index >= 15 is 0 Å². The second-order valence-corrected chi connectivity index (χ2v) is 7.49. The molecule has 174 valence electrons. The van der Waals surface area contributed by atoms with Gasteiger partial charge in [0.15, 0.2) is 23.0 Å². The molecule has 10 nitrogen and oxygen atoms in total. The number of rotatable bonds is 9. The second kappa shape index (κ2) is 10.5. The molecule has 3 aromatic rings. The molecule has 1 heterocycles. The highest BCUT2D eigenvalue weighted by atomic mass is 16.5. The van der Waals surface area contributed by atoms with Crippen LogP contribution in [-0.2, 0) is 17.8 Å². The highest BCUT2D eigenvalue weighted by Gasteiger charge is 2.19. The molecule has 3 rings (SSSR count). The zero-order valence-corrected chi connectivity index (χ0v) is 19.1.